The largest absolute Gasteiger partial charge is 0.340 e. The second-order valence-electron chi connectivity index (χ2n) is 14.2. The topological polar surface area (TPSA) is 128 Å². The highest BCUT2D eigenvalue weighted by Gasteiger charge is 2.40. The molecular weight excluding hydrogens is 618 g/mol. The van der Waals surface area contributed by atoms with Gasteiger partial charge in [0.2, 0.25) is 18.2 Å². The fourth-order valence-corrected chi connectivity index (χ4v) is 8.01. The lowest BCUT2D eigenvalue weighted by Crippen LogP contribution is -2.56. The Labute approximate surface area is 286 Å². The summed E-state index contributed by atoms with van der Waals surface area (Å²) in [5.74, 6) is 2.12. The first-order valence-corrected chi connectivity index (χ1v) is 17.8. The van der Waals surface area contributed by atoms with Gasteiger partial charge in [-0.05, 0) is 66.7 Å². The number of likely N-dealkylation sites (tertiary alicyclic amines) is 1. The lowest BCUT2D eigenvalue weighted by atomic mass is 10.0. The first-order valence-electron chi connectivity index (χ1n) is 17.8. The number of amides is 2. The fraction of sp³-hybridized carbons (Fsp3) is 0.474. The van der Waals surface area contributed by atoms with Gasteiger partial charge in [0, 0.05) is 19.0 Å². The summed E-state index contributed by atoms with van der Waals surface area (Å²) in [4.78, 5) is 47.0. The molecule has 2 aromatic carbocycles. The summed E-state index contributed by atoms with van der Waals surface area (Å²) in [6.07, 6.45) is 11.0. The van der Waals surface area contributed by atoms with Crippen molar-refractivity contribution in [1.82, 2.24) is 35.1 Å². The number of hydrogen-bond donors (Lipinski definition) is 3. The number of ether oxygens (including phenoxy) is 2. The van der Waals surface area contributed by atoms with Crippen molar-refractivity contribution in [3.05, 3.63) is 72.6 Å². The quantitative estimate of drug-likeness (QED) is 0.192. The average Bonchev–Trinajstić information content (AvgIpc) is 3.91. The standard InChI is InChI=1S/C38H45N7O4/c1-23(2)34(43-38-48-22-49-38)37(47)44-19-5-7-31(44)35-39-20-29(41-35)26-13-9-24(10-14-26)25-11-15-27(16-12-25)30-21-40-36(42-30)32-18-17-28-6-3-4-8-33(46)45(28)32/h9-16,20-21,23,28,31-32,34,38,43H,3-8,17-19,22H2,1-2H3,(H,39,41)(H,40,42)/t28-,31-,32-,34-/m0/s1. The van der Waals surface area contributed by atoms with Crippen molar-refractivity contribution in [2.75, 3.05) is 13.3 Å². The van der Waals surface area contributed by atoms with Crippen molar-refractivity contribution < 1.29 is 19.1 Å². The van der Waals surface area contributed by atoms with Crippen LogP contribution in [-0.4, -0.2) is 73.4 Å². The predicted octanol–water partition coefficient (Wildman–Crippen LogP) is 6.31. The second kappa shape index (κ2) is 13.5. The van der Waals surface area contributed by atoms with E-state index in [0.29, 0.717) is 19.0 Å². The highest BCUT2D eigenvalue weighted by molar-refractivity contribution is 5.83. The molecule has 11 heteroatoms. The number of nitrogens with zero attached hydrogens (tertiary/aromatic N) is 4. The summed E-state index contributed by atoms with van der Waals surface area (Å²) >= 11 is 0. The van der Waals surface area contributed by atoms with E-state index in [1.807, 2.05) is 31.1 Å². The molecule has 6 heterocycles. The minimum atomic E-state index is -0.527. The maximum absolute atomic E-state index is 13.6. The normalized spacial score (nSPS) is 23.5. The van der Waals surface area contributed by atoms with E-state index in [0.717, 1.165) is 90.2 Å². The van der Waals surface area contributed by atoms with Crippen molar-refractivity contribution in [3.8, 4) is 33.6 Å². The third kappa shape index (κ3) is 6.31. The van der Waals surface area contributed by atoms with E-state index in [2.05, 4.69) is 68.7 Å². The summed E-state index contributed by atoms with van der Waals surface area (Å²) < 4.78 is 10.7. The zero-order valence-electron chi connectivity index (χ0n) is 28.2. The third-order valence-corrected chi connectivity index (χ3v) is 10.7. The highest BCUT2D eigenvalue weighted by atomic mass is 16.9. The van der Waals surface area contributed by atoms with E-state index in [1.54, 1.807) is 0 Å². The van der Waals surface area contributed by atoms with Crippen LogP contribution in [0, 0.1) is 5.92 Å². The molecule has 2 amide bonds. The van der Waals surface area contributed by atoms with Gasteiger partial charge in [-0.15, -0.1) is 0 Å². The van der Waals surface area contributed by atoms with Gasteiger partial charge >= 0.3 is 0 Å². The molecule has 3 N–H and O–H groups in total. The first-order chi connectivity index (χ1) is 23.9. The molecule has 0 saturated carbocycles. The number of carbonyl (C=O) groups is 2. The summed E-state index contributed by atoms with van der Waals surface area (Å²) in [5.41, 5.74) is 6.25. The van der Waals surface area contributed by atoms with Gasteiger partial charge in [-0.1, -0.05) is 68.8 Å². The highest BCUT2D eigenvalue weighted by Crippen LogP contribution is 2.40. The van der Waals surface area contributed by atoms with Crippen LogP contribution in [0.1, 0.15) is 88.9 Å². The smallest absolute Gasteiger partial charge is 0.240 e. The number of imidazole rings is 2. The molecule has 49 heavy (non-hydrogen) atoms. The summed E-state index contributed by atoms with van der Waals surface area (Å²) in [5, 5.41) is 3.20. The predicted molar refractivity (Wildman–Crippen MR) is 184 cm³/mol. The van der Waals surface area contributed by atoms with Gasteiger partial charge < -0.3 is 29.2 Å². The fourth-order valence-electron chi connectivity index (χ4n) is 8.01. The van der Waals surface area contributed by atoms with E-state index in [-0.39, 0.29) is 36.6 Å². The molecule has 4 aromatic rings. The zero-order valence-corrected chi connectivity index (χ0v) is 28.2. The van der Waals surface area contributed by atoms with Gasteiger partial charge in [0.05, 0.1) is 41.9 Å². The number of fused-ring (bicyclic) bond motifs is 1. The van der Waals surface area contributed by atoms with Crippen molar-refractivity contribution >= 4 is 11.8 Å². The van der Waals surface area contributed by atoms with E-state index < -0.39 is 12.5 Å². The van der Waals surface area contributed by atoms with Gasteiger partial charge in [-0.3, -0.25) is 14.9 Å². The van der Waals surface area contributed by atoms with Crippen LogP contribution in [0.5, 0.6) is 0 Å². The molecule has 0 spiro atoms. The molecule has 0 bridgehead atoms. The Kier molecular flexibility index (Phi) is 8.81. The molecule has 2 aromatic heterocycles. The first kappa shape index (κ1) is 31.9. The molecule has 4 aliphatic heterocycles. The van der Waals surface area contributed by atoms with Crippen LogP contribution < -0.4 is 5.32 Å². The van der Waals surface area contributed by atoms with E-state index in [4.69, 9.17) is 19.4 Å². The van der Waals surface area contributed by atoms with Crippen molar-refractivity contribution in [3.63, 3.8) is 0 Å². The van der Waals surface area contributed by atoms with Crippen LogP contribution in [0.25, 0.3) is 33.6 Å². The van der Waals surface area contributed by atoms with Gasteiger partial charge in [-0.2, -0.15) is 0 Å². The molecule has 256 valence electrons. The Morgan fingerprint density at radius 1 is 0.796 bits per heavy atom. The van der Waals surface area contributed by atoms with Crippen LogP contribution in [0.2, 0.25) is 0 Å². The minimum absolute atomic E-state index is 0.0501. The number of hydrogen-bond acceptors (Lipinski definition) is 7. The molecular formula is C38H45N7O4. The summed E-state index contributed by atoms with van der Waals surface area (Å²) in [6, 6.07) is 16.9. The van der Waals surface area contributed by atoms with Crippen molar-refractivity contribution in [1.29, 1.82) is 0 Å². The van der Waals surface area contributed by atoms with E-state index >= 15 is 0 Å². The number of benzene rings is 2. The van der Waals surface area contributed by atoms with Gasteiger partial charge in [0.1, 0.15) is 11.6 Å². The van der Waals surface area contributed by atoms with Gasteiger partial charge in [0.25, 0.3) is 0 Å². The Morgan fingerprint density at radius 3 is 2.00 bits per heavy atom. The van der Waals surface area contributed by atoms with Gasteiger partial charge in [-0.25, -0.2) is 9.97 Å². The molecule has 4 saturated heterocycles. The zero-order chi connectivity index (χ0) is 33.5. The monoisotopic (exact) mass is 663 g/mol. The van der Waals surface area contributed by atoms with Crippen molar-refractivity contribution in [2.24, 2.45) is 5.92 Å². The molecule has 4 aliphatic rings. The molecule has 4 fully saturated rings. The van der Waals surface area contributed by atoms with Crippen LogP contribution >= 0.6 is 0 Å². The maximum Gasteiger partial charge on any atom is 0.240 e. The minimum Gasteiger partial charge on any atom is -0.340 e. The third-order valence-electron chi connectivity index (χ3n) is 10.7. The molecule has 0 unspecified atom stereocenters. The summed E-state index contributed by atoms with van der Waals surface area (Å²) in [7, 11) is 0. The molecule has 0 aliphatic carbocycles. The number of aromatic amines is 2. The lowest BCUT2D eigenvalue weighted by Gasteiger charge is -2.35. The Hall–Kier alpha value is -4.32. The van der Waals surface area contributed by atoms with Crippen LogP contribution in [-0.2, 0) is 19.1 Å². The van der Waals surface area contributed by atoms with E-state index in [9.17, 15) is 9.59 Å². The van der Waals surface area contributed by atoms with Crippen molar-refractivity contribution in [2.45, 2.75) is 95.8 Å². The maximum atomic E-state index is 13.6. The summed E-state index contributed by atoms with van der Waals surface area (Å²) in [6.45, 7) is 5.01. The van der Waals surface area contributed by atoms with Crippen LogP contribution in [0.15, 0.2) is 60.9 Å². The molecule has 0 radical (unpaired) electrons. The Balaban J connectivity index is 0.926. The van der Waals surface area contributed by atoms with Crippen LogP contribution in [0.3, 0.4) is 0 Å². The molecule has 11 nitrogen and oxygen atoms in total. The molecule has 8 rings (SSSR count). The van der Waals surface area contributed by atoms with Crippen LogP contribution in [0.4, 0.5) is 0 Å². The number of aromatic nitrogens is 4. The second-order valence-corrected chi connectivity index (χ2v) is 14.2. The number of rotatable bonds is 9. The average molecular weight is 664 g/mol. The van der Waals surface area contributed by atoms with E-state index in [1.165, 1.54) is 0 Å². The van der Waals surface area contributed by atoms with Gasteiger partial charge in [0.15, 0.2) is 6.79 Å². The SMILES string of the molecule is CC(C)[C@H](NC1OCO1)C(=O)N1CCC[C@H]1c1ncc(-c2ccc(-c3ccc(-c4cnc([C@@H]5CC[C@@H]6CCCCC(=O)N65)[nH]4)cc3)cc2)[nH]1. The number of H-pyrrole nitrogens is 2. The number of nitrogens with one attached hydrogen (secondary N) is 3. The Morgan fingerprint density at radius 2 is 1.41 bits per heavy atom. The molecule has 4 atom stereocenters. The Bertz CT molecular complexity index is 1780. The lowest BCUT2D eigenvalue weighted by molar-refractivity contribution is -0.335. The number of carbonyl (C=O) groups excluding carboxylic acids is 2.